The topological polar surface area (TPSA) is 77.2 Å². The number of amides is 1. The van der Waals surface area contributed by atoms with Gasteiger partial charge in [0.2, 0.25) is 0 Å². The lowest BCUT2D eigenvalue weighted by Crippen LogP contribution is -2.43. The molecule has 0 saturated carbocycles. The number of carbonyl (C=O) groups excluding carboxylic acids is 1. The molecule has 1 atom stereocenters. The molecular formula is C16H19N3O3. The highest BCUT2D eigenvalue weighted by Crippen LogP contribution is 2.25. The molecule has 22 heavy (non-hydrogen) atoms. The van der Waals surface area contributed by atoms with Crippen molar-refractivity contribution in [1.82, 2.24) is 15.5 Å². The van der Waals surface area contributed by atoms with E-state index in [0.29, 0.717) is 18.3 Å². The van der Waals surface area contributed by atoms with E-state index in [-0.39, 0.29) is 12.5 Å². The van der Waals surface area contributed by atoms with Crippen LogP contribution in [0.25, 0.3) is 11.5 Å². The highest BCUT2D eigenvalue weighted by molar-refractivity contribution is 5.84. The summed E-state index contributed by atoms with van der Waals surface area (Å²) in [4.78, 5) is 16.4. The van der Waals surface area contributed by atoms with Crippen LogP contribution in [0.3, 0.4) is 0 Å². The Kier molecular flexibility index (Phi) is 3.94. The molecule has 0 radical (unpaired) electrons. The first-order chi connectivity index (χ1) is 10.6. The van der Waals surface area contributed by atoms with Gasteiger partial charge in [0, 0.05) is 12.2 Å². The number of benzene rings is 1. The molecule has 6 nitrogen and oxygen atoms in total. The molecule has 1 aromatic heterocycles. The van der Waals surface area contributed by atoms with Gasteiger partial charge >= 0.3 is 0 Å². The van der Waals surface area contributed by atoms with Crippen LogP contribution in [0.1, 0.15) is 31.2 Å². The number of aromatic nitrogens is 2. The highest BCUT2D eigenvalue weighted by atomic mass is 16.5. The second kappa shape index (κ2) is 5.88. The van der Waals surface area contributed by atoms with Crippen LogP contribution >= 0.6 is 0 Å². The van der Waals surface area contributed by atoms with E-state index in [0.717, 1.165) is 18.4 Å². The minimum absolute atomic E-state index is 0.133. The van der Waals surface area contributed by atoms with E-state index in [4.69, 9.17) is 9.26 Å². The zero-order chi connectivity index (χ0) is 15.6. The Morgan fingerprint density at radius 2 is 2.14 bits per heavy atom. The van der Waals surface area contributed by atoms with Crippen LogP contribution in [0.5, 0.6) is 0 Å². The van der Waals surface area contributed by atoms with Crippen molar-refractivity contribution >= 4 is 5.91 Å². The van der Waals surface area contributed by atoms with Crippen LogP contribution in [0.15, 0.2) is 28.8 Å². The van der Waals surface area contributed by atoms with Crippen LogP contribution < -0.4 is 5.32 Å². The molecule has 0 spiro atoms. The lowest BCUT2D eigenvalue weighted by atomic mass is 10.0. The monoisotopic (exact) mass is 301 g/mol. The summed E-state index contributed by atoms with van der Waals surface area (Å²) in [5.41, 5.74) is 1.30. The molecule has 3 rings (SSSR count). The number of rotatable bonds is 4. The van der Waals surface area contributed by atoms with E-state index in [1.807, 2.05) is 38.1 Å². The van der Waals surface area contributed by atoms with Crippen LogP contribution in [0.4, 0.5) is 0 Å². The van der Waals surface area contributed by atoms with Gasteiger partial charge in [-0.05, 0) is 38.8 Å². The Labute approximate surface area is 128 Å². The fourth-order valence-electron chi connectivity index (χ4n) is 2.44. The second-order valence-corrected chi connectivity index (χ2v) is 5.75. The number of ether oxygens (including phenoxy) is 1. The van der Waals surface area contributed by atoms with Gasteiger partial charge in [-0.15, -0.1) is 0 Å². The minimum Gasteiger partial charge on any atom is -0.365 e. The first-order valence-electron chi connectivity index (χ1n) is 7.39. The average Bonchev–Trinajstić information content (AvgIpc) is 3.15. The average molecular weight is 301 g/mol. The molecule has 1 aliphatic heterocycles. The number of hydrogen-bond donors (Lipinski definition) is 1. The minimum atomic E-state index is -0.733. The number of carbonyl (C=O) groups is 1. The lowest BCUT2D eigenvalue weighted by molar-refractivity contribution is -0.139. The van der Waals surface area contributed by atoms with Gasteiger partial charge in [0.1, 0.15) is 5.60 Å². The quantitative estimate of drug-likeness (QED) is 0.937. The van der Waals surface area contributed by atoms with E-state index in [2.05, 4.69) is 15.5 Å². The molecule has 0 bridgehead atoms. The maximum absolute atomic E-state index is 12.1. The van der Waals surface area contributed by atoms with Crippen LogP contribution in [-0.2, 0) is 16.1 Å². The van der Waals surface area contributed by atoms with Gasteiger partial charge < -0.3 is 14.6 Å². The normalized spacial score (nSPS) is 21.0. The molecule has 2 aromatic rings. The Morgan fingerprint density at radius 3 is 2.82 bits per heavy atom. The van der Waals surface area contributed by atoms with E-state index in [1.165, 1.54) is 5.56 Å². The van der Waals surface area contributed by atoms with Gasteiger partial charge in [0.05, 0.1) is 6.54 Å². The summed E-state index contributed by atoms with van der Waals surface area (Å²) in [5.74, 6) is 0.768. The van der Waals surface area contributed by atoms with E-state index in [9.17, 15) is 4.79 Å². The third-order valence-electron chi connectivity index (χ3n) is 3.87. The van der Waals surface area contributed by atoms with E-state index < -0.39 is 5.60 Å². The molecule has 2 heterocycles. The number of hydrogen-bond acceptors (Lipinski definition) is 5. The SMILES string of the molecule is Cc1ccc(-c2nc(CNC(=O)C3(C)CCCO3)no2)cc1. The summed E-state index contributed by atoms with van der Waals surface area (Å²) in [6, 6.07) is 7.83. The van der Waals surface area contributed by atoms with Crippen molar-refractivity contribution in [2.75, 3.05) is 6.61 Å². The Bertz CT molecular complexity index is 658. The number of nitrogens with zero attached hydrogens (tertiary/aromatic N) is 2. The van der Waals surface area contributed by atoms with E-state index >= 15 is 0 Å². The first-order valence-corrected chi connectivity index (χ1v) is 7.39. The van der Waals surface area contributed by atoms with E-state index in [1.54, 1.807) is 0 Å². The second-order valence-electron chi connectivity index (χ2n) is 5.75. The summed E-state index contributed by atoms with van der Waals surface area (Å²) in [6.45, 7) is 4.68. The molecule has 1 unspecified atom stereocenters. The van der Waals surface area contributed by atoms with Crippen molar-refractivity contribution in [2.45, 2.75) is 38.8 Å². The molecule has 1 amide bonds. The van der Waals surface area contributed by atoms with Gasteiger partial charge in [-0.25, -0.2) is 0 Å². The molecule has 6 heteroatoms. The third-order valence-corrected chi connectivity index (χ3v) is 3.87. The van der Waals surface area contributed by atoms with Gasteiger partial charge in [0.15, 0.2) is 5.82 Å². The third kappa shape index (κ3) is 3.01. The molecule has 1 aromatic carbocycles. The smallest absolute Gasteiger partial charge is 0.257 e. The lowest BCUT2D eigenvalue weighted by Gasteiger charge is -2.21. The highest BCUT2D eigenvalue weighted by Gasteiger charge is 2.37. The molecule has 1 fully saturated rings. The van der Waals surface area contributed by atoms with Gasteiger partial charge in [-0.3, -0.25) is 4.79 Å². The molecule has 1 N–H and O–H groups in total. The molecule has 1 saturated heterocycles. The predicted molar refractivity (Wildman–Crippen MR) is 79.9 cm³/mol. The van der Waals surface area contributed by atoms with Crippen molar-refractivity contribution in [1.29, 1.82) is 0 Å². The largest absolute Gasteiger partial charge is 0.365 e. The Hall–Kier alpha value is -2.21. The van der Waals surface area contributed by atoms with Gasteiger partial charge in [-0.1, -0.05) is 22.9 Å². The number of nitrogens with one attached hydrogen (secondary N) is 1. The van der Waals surface area contributed by atoms with Crippen molar-refractivity contribution < 1.29 is 14.1 Å². The number of aryl methyl sites for hydroxylation is 1. The Balaban J connectivity index is 1.62. The molecule has 116 valence electrons. The van der Waals surface area contributed by atoms with Gasteiger partial charge in [-0.2, -0.15) is 4.98 Å². The van der Waals surface area contributed by atoms with Crippen molar-refractivity contribution in [3.63, 3.8) is 0 Å². The van der Waals surface area contributed by atoms with Crippen LogP contribution in [-0.4, -0.2) is 28.3 Å². The van der Waals surface area contributed by atoms with Gasteiger partial charge in [0.25, 0.3) is 11.8 Å². The molecular weight excluding hydrogens is 282 g/mol. The first kappa shape index (κ1) is 14.7. The molecule has 1 aliphatic rings. The fourth-order valence-corrected chi connectivity index (χ4v) is 2.44. The predicted octanol–water partition coefficient (Wildman–Crippen LogP) is 2.23. The molecule has 0 aliphatic carbocycles. The van der Waals surface area contributed by atoms with Crippen LogP contribution in [0, 0.1) is 6.92 Å². The van der Waals surface area contributed by atoms with Crippen molar-refractivity contribution in [3.8, 4) is 11.5 Å². The summed E-state index contributed by atoms with van der Waals surface area (Å²) in [7, 11) is 0. The van der Waals surface area contributed by atoms with Crippen LogP contribution in [0.2, 0.25) is 0 Å². The maximum atomic E-state index is 12.1. The van der Waals surface area contributed by atoms with Crippen molar-refractivity contribution in [3.05, 3.63) is 35.7 Å². The summed E-state index contributed by atoms with van der Waals surface area (Å²) in [5, 5.41) is 6.70. The zero-order valence-corrected chi connectivity index (χ0v) is 12.8. The standard InChI is InChI=1S/C16H19N3O3/c1-11-4-6-12(7-5-11)14-18-13(19-22-14)10-17-15(20)16(2)8-3-9-21-16/h4-7H,3,8-10H2,1-2H3,(H,17,20). The summed E-state index contributed by atoms with van der Waals surface area (Å²) < 4.78 is 10.7. The Morgan fingerprint density at radius 1 is 1.36 bits per heavy atom. The van der Waals surface area contributed by atoms with Crippen molar-refractivity contribution in [2.24, 2.45) is 0 Å². The maximum Gasteiger partial charge on any atom is 0.257 e. The summed E-state index contributed by atoms with van der Waals surface area (Å²) in [6.07, 6.45) is 1.64. The summed E-state index contributed by atoms with van der Waals surface area (Å²) >= 11 is 0. The fraction of sp³-hybridized carbons (Fsp3) is 0.438. The zero-order valence-electron chi connectivity index (χ0n) is 12.8.